The number of rotatable bonds is 2. The van der Waals surface area contributed by atoms with E-state index >= 15 is 0 Å². The minimum atomic E-state index is -0.859. The summed E-state index contributed by atoms with van der Waals surface area (Å²) in [5, 5.41) is 4.74. The molecule has 6 heteroatoms. The summed E-state index contributed by atoms with van der Waals surface area (Å²) in [5.41, 5.74) is 2.73. The molecular weight excluding hydrogens is 307 g/mol. The third-order valence-electron chi connectivity index (χ3n) is 2.86. The highest BCUT2D eigenvalue weighted by atomic mass is 35.5. The molecule has 0 atom stereocenters. The molecule has 0 aliphatic carbocycles. The Morgan fingerprint density at radius 3 is 2.00 bits per heavy atom. The van der Waals surface area contributed by atoms with Crippen LogP contribution in [0.4, 0.5) is 15.8 Å². The van der Waals surface area contributed by atoms with E-state index in [0.717, 1.165) is 17.2 Å². The Morgan fingerprint density at radius 2 is 1.45 bits per heavy atom. The normalized spacial score (nSPS) is 10.2. The first-order valence-corrected chi connectivity index (χ1v) is 6.88. The summed E-state index contributed by atoms with van der Waals surface area (Å²) in [6, 6.07) is 9.14. The molecule has 0 saturated carbocycles. The summed E-state index contributed by atoms with van der Waals surface area (Å²) in [7, 11) is 0. The van der Waals surface area contributed by atoms with Crippen LogP contribution in [0.2, 0.25) is 5.02 Å². The Labute approximate surface area is 132 Å². The van der Waals surface area contributed by atoms with Crippen molar-refractivity contribution in [3.05, 3.63) is 58.4 Å². The van der Waals surface area contributed by atoms with E-state index in [-0.39, 0.29) is 10.7 Å². The molecule has 0 saturated heterocycles. The average Bonchev–Trinajstić information content (AvgIpc) is 2.41. The molecule has 0 heterocycles. The molecule has 0 unspecified atom stereocenters. The van der Waals surface area contributed by atoms with E-state index in [1.54, 1.807) is 12.1 Å². The van der Waals surface area contributed by atoms with E-state index in [4.69, 9.17) is 11.6 Å². The number of nitrogens with one attached hydrogen (secondary N) is 2. The number of aryl methyl sites for hydroxylation is 2. The van der Waals surface area contributed by atoms with Crippen molar-refractivity contribution in [3.8, 4) is 0 Å². The summed E-state index contributed by atoms with van der Waals surface area (Å²) in [6.07, 6.45) is 0. The summed E-state index contributed by atoms with van der Waals surface area (Å²) in [6.45, 7) is 3.78. The SMILES string of the molecule is Cc1cc(C)cc(NC(=O)C(=O)Nc2ccc(F)c(Cl)c2)c1. The van der Waals surface area contributed by atoms with Gasteiger partial charge in [0.15, 0.2) is 0 Å². The van der Waals surface area contributed by atoms with Gasteiger partial charge in [0.1, 0.15) is 5.82 Å². The first kappa shape index (κ1) is 16.0. The smallest absolute Gasteiger partial charge is 0.314 e. The number of hydrogen-bond acceptors (Lipinski definition) is 2. The lowest BCUT2D eigenvalue weighted by Gasteiger charge is -2.08. The molecule has 0 bridgehead atoms. The van der Waals surface area contributed by atoms with Crippen molar-refractivity contribution in [2.24, 2.45) is 0 Å². The standard InChI is InChI=1S/C16H14ClFN2O2/c1-9-5-10(2)7-12(6-9)20-16(22)15(21)19-11-3-4-14(18)13(17)8-11/h3-8H,1-2H3,(H,19,21)(H,20,22). The molecule has 114 valence electrons. The lowest BCUT2D eigenvalue weighted by atomic mass is 10.1. The minimum Gasteiger partial charge on any atom is -0.318 e. The predicted molar refractivity (Wildman–Crippen MR) is 84.6 cm³/mol. The summed E-state index contributed by atoms with van der Waals surface area (Å²) < 4.78 is 13.0. The Morgan fingerprint density at radius 1 is 0.909 bits per heavy atom. The second-order valence-corrected chi connectivity index (χ2v) is 5.32. The number of amides is 2. The van der Waals surface area contributed by atoms with Crippen LogP contribution in [0, 0.1) is 19.7 Å². The predicted octanol–water partition coefficient (Wildman–Crippen LogP) is 3.67. The zero-order chi connectivity index (χ0) is 16.3. The molecule has 2 amide bonds. The topological polar surface area (TPSA) is 58.2 Å². The van der Waals surface area contributed by atoms with E-state index in [9.17, 15) is 14.0 Å². The number of carbonyl (C=O) groups excluding carboxylic acids is 2. The van der Waals surface area contributed by atoms with Crippen LogP contribution >= 0.6 is 11.6 Å². The second kappa shape index (κ2) is 6.58. The van der Waals surface area contributed by atoms with Crippen molar-refractivity contribution in [1.29, 1.82) is 0 Å². The third-order valence-corrected chi connectivity index (χ3v) is 3.15. The number of benzene rings is 2. The average molecular weight is 321 g/mol. The quantitative estimate of drug-likeness (QED) is 0.829. The molecule has 2 N–H and O–H groups in total. The molecule has 22 heavy (non-hydrogen) atoms. The van der Waals surface area contributed by atoms with Gasteiger partial charge in [-0.1, -0.05) is 17.7 Å². The maximum absolute atomic E-state index is 13.0. The highest BCUT2D eigenvalue weighted by Gasteiger charge is 2.15. The van der Waals surface area contributed by atoms with E-state index in [1.165, 1.54) is 12.1 Å². The van der Waals surface area contributed by atoms with Crippen LogP contribution in [0.1, 0.15) is 11.1 Å². The Hall–Kier alpha value is -2.40. The van der Waals surface area contributed by atoms with Gasteiger partial charge in [0.25, 0.3) is 0 Å². The summed E-state index contributed by atoms with van der Waals surface area (Å²) in [4.78, 5) is 23.7. The van der Waals surface area contributed by atoms with Crippen molar-refractivity contribution >= 4 is 34.8 Å². The fourth-order valence-corrected chi connectivity index (χ4v) is 2.18. The Balaban J connectivity index is 2.05. The van der Waals surface area contributed by atoms with Gasteiger partial charge >= 0.3 is 11.8 Å². The van der Waals surface area contributed by atoms with Crippen LogP contribution in [-0.2, 0) is 9.59 Å². The second-order valence-electron chi connectivity index (χ2n) is 4.91. The molecule has 2 aromatic carbocycles. The van der Waals surface area contributed by atoms with E-state index in [0.29, 0.717) is 5.69 Å². The van der Waals surface area contributed by atoms with Gasteiger partial charge < -0.3 is 10.6 Å². The van der Waals surface area contributed by atoms with Gasteiger partial charge in [0.2, 0.25) is 0 Å². The fraction of sp³-hybridized carbons (Fsp3) is 0.125. The van der Waals surface area contributed by atoms with Gasteiger partial charge in [0, 0.05) is 11.4 Å². The lowest BCUT2D eigenvalue weighted by Crippen LogP contribution is -2.29. The van der Waals surface area contributed by atoms with Gasteiger partial charge in [0.05, 0.1) is 5.02 Å². The zero-order valence-corrected chi connectivity index (χ0v) is 12.8. The van der Waals surface area contributed by atoms with E-state index < -0.39 is 17.6 Å². The number of halogens is 2. The Kier molecular flexibility index (Phi) is 4.78. The highest BCUT2D eigenvalue weighted by molar-refractivity contribution is 6.43. The van der Waals surface area contributed by atoms with Crippen LogP contribution in [0.3, 0.4) is 0 Å². The maximum Gasteiger partial charge on any atom is 0.314 e. The summed E-state index contributed by atoms with van der Waals surface area (Å²) >= 11 is 5.61. The molecule has 0 spiro atoms. The molecule has 0 fully saturated rings. The van der Waals surface area contributed by atoms with E-state index in [2.05, 4.69) is 10.6 Å². The van der Waals surface area contributed by atoms with Crippen LogP contribution in [0.25, 0.3) is 0 Å². The van der Waals surface area contributed by atoms with Crippen molar-refractivity contribution in [3.63, 3.8) is 0 Å². The van der Waals surface area contributed by atoms with Crippen molar-refractivity contribution in [2.45, 2.75) is 13.8 Å². The Bertz CT molecular complexity index is 727. The highest BCUT2D eigenvalue weighted by Crippen LogP contribution is 2.19. The minimum absolute atomic E-state index is 0.132. The van der Waals surface area contributed by atoms with Crippen LogP contribution in [0.15, 0.2) is 36.4 Å². The van der Waals surface area contributed by atoms with Gasteiger partial charge in [-0.2, -0.15) is 0 Å². The number of hydrogen-bond donors (Lipinski definition) is 2. The first-order valence-electron chi connectivity index (χ1n) is 6.51. The fourth-order valence-electron chi connectivity index (χ4n) is 2.00. The number of anilines is 2. The van der Waals surface area contributed by atoms with Crippen LogP contribution in [0.5, 0.6) is 0 Å². The monoisotopic (exact) mass is 320 g/mol. The summed E-state index contributed by atoms with van der Waals surface area (Å²) in [5.74, 6) is -2.27. The van der Waals surface area contributed by atoms with E-state index in [1.807, 2.05) is 19.9 Å². The molecule has 2 aromatic rings. The van der Waals surface area contributed by atoms with Gasteiger partial charge in [-0.3, -0.25) is 9.59 Å². The molecule has 0 aromatic heterocycles. The number of carbonyl (C=O) groups is 2. The van der Waals surface area contributed by atoms with Crippen LogP contribution in [-0.4, -0.2) is 11.8 Å². The molecule has 4 nitrogen and oxygen atoms in total. The zero-order valence-electron chi connectivity index (χ0n) is 12.0. The molecule has 0 aliphatic rings. The van der Waals surface area contributed by atoms with Gasteiger partial charge in [-0.05, 0) is 55.3 Å². The van der Waals surface area contributed by atoms with Crippen molar-refractivity contribution in [2.75, 3.05) is 10.6 Å². The first-order chi connectivity index (χ1) is 10.3. The molecule has 0 radical (unpaired) electrons. The van der Waals surface area contributed by atoms with Crippen LogP contribution < -0.4 is 10.6 Å². The maximum atomic E-state index is 13.0. The lowest BCUT2D eigenvalue weighted by molar-refractivity contribution is -0.132. The molecule has 0 aliphatic heterocycles. The third kappa shape index (κ3) is 4.05. The molecule has 2 rings (SSSR count). The molecular formula is C16H14ClFN2O2. The van der Waals surface area contributed by atoms with Gasteiger partial charge in [-0.25, -0.2) is 4.39 Å². The largest absolute Gasteiger partial charge is 0.318 e. The van der Waals surface area contributed by atoms with Crippen molar-refractivity contribution < 1.29 is 14.0 Å². The van der Waals surface area contributed by atoms with Gasteiger partial charge in [-0.15, -0.1) is 0 Å². The van der Waals surface area contributed by atoms with Crippen molar-refractivity contribution in [1.82, 2.24) is 0 Å².